The van der Waals surface area contributed by atoms with Crippen molar-refractivity contribution in [1.29, 1.82) is 0 Å². The van der Waals surface area contributed by atoms with Crippen molar-refractivity contribution in [2.24, 2.45) is 0 Å². The number of imide groups is 1. The molecule has 2 unspecified atom stereocenters. The summed E-state index contributed by atoms with van der Waals surface area (Å²) in [4.78, 5) is 41.9. The van der Waals surface area contributed by atoms with Crippen molar-refractivity contribution in [1.82, 2.24) is 5.06 Å². The van der Waals surface area contributed by atoms with Crippen LogP contribution in [0.15, 0.2) is 104 Å². The number of anilines is 2. The second kappa shape index (κ2) is 35.2. The molecule has 26 nitrogen and oxygen atoms in total. The average molecular weight is 1360 g/mol. The van der Waals surface area contributed by atoms with Crippen LogP contribution >= 0.6 is 24.1 Å². The molecular weight excluding hydrogens is 1280 g/mol. The first kappa shape index (κ1) is 73.9. The van der Waals surface area contributed by atoms with Crippen LogP contribution in [-0.2, 0) is 98.3 Å². The van der Waals surface area contributed by atoms with Gasteiger partial charge in [-0.2, -0.15) is 25.3 Å². The number of nitrogens with zero attached hydrogens (tertiary/aromatic N) is 2. The predicted molar refractivity (Wildman–Crippen MR) is 337 cm³/mol. The fourth-order valence-electron chi connectivity index (χ4n) is 10.6. The van der Waals surface area contributed by atoms with Crippen molar-refractivity contribution >= 4 is 105 Å². The third-order valence-corrected chi connectivity index (χ3v) is 18.5. The van der Waals surface area contributed by atoms with Crippen molar-refractivity contribution < 1.29 is 105 Å². The summed E-state index contributed by atoms with van der Waals surface area (Å²) in [6, 6.07) is 12.1. The fraction of sp³-hybridized carbons (Fsp3) is 0.508. The Hall–Kier alpha value is -5.14. The van der Waals surface area contributed by atoms with E-state index in [1.54, 1.807) is 43.5 Å². The second-order valence-electron chi connectivity index (χ2n) is 21.2. The van der Waals surface area contributed by atoms with E-state index in [4.69, 9.17) is 42.7 Å². The summed E-state index contributed by atoms with van der Waals surface area (Å²) in [6.45, 7) is 7.66. The lowest BCUT2D eigenvalue weighted by Crippen LogP contribution is -2.32. The summed E-state index contributed by atoms with van der Waals surface area (Å²) in [5.41, 5.74) is 1.15. The number of ether oxygens (including phenoxy) is 8. The van der Waals surface area contributed by atoms with Gasteiger partial charge in [0.2, 0.25) is 0 Å². The van der Waals surface area contributed by atoms with Crippen LogP contribution in [0.4, 0.5) is 11.4 Å². The minimum absolute atomic E-state index is 0.0166. The van der Waals surface area contributed by atoms with Crippen LogP contribution in [0, 0.1) is 0 Å². The van der Waals surface area contributed by atoms with Crippen LogP contribution in [-0.4, -0.2) is 196 Å². The van der Waals surface area contributed by atoms with Crippen molar-refractivity contribution in [3.8, 4) is 0 Å². The van der Waals surface area contributed by atoms with Crippen LogP contribution in [0.3, 0.4) is 0 Å². The molecule has 0 bridgehead atoms. The molecule has 2 aliphatic rings. The first-order chi connectivity index (χ1) is 42.9. The summed E-state index contributed by atoms with van der Waals surface area (Å²) in [6.07, 6.45) is 9.51. The Bertz CT molecular complexity index is 3530. The normalized spacial score (nSPS) is 16.9. The maximum atomic E-state index is 12.8. The maximum Gasteiger partial charge on any atom is 0.335 e. The molecule has 6 rings (SSSR count). The van der Waals surface area contributed by atoms with E-state index in [9.17, 15) is 62.4 Å². The lowest BCUT2D eigenvalue weighted by Gasteiger charge is -2.33. The molecule has 498 valence electrons. The number of methoxy groups -OCH3 is 2. The van der Waals surface area contributed by atoms with Crippen LogP contribution in [0.1, 0.15) is 69.9 Å². The highest BCUT2D eigenvalue weighted by Gasteiger charge is 2.45. The highest BCUT2D eigenvalue weighted by atomic mass is 32.2. The Morgan fingerprint density at radius 3 is 1.77 bits per heavy atom. The standard InChI is InChI=1S/C59H79N3O23S5/c1-58(19-9-37-88(68,69)70,56-46-38-42(89(71,72)73)40-50(86-66)44(46)11-13-48(56)60-21-25-77-3)18-8-6-5-7-10-52-59(2,20-24-80-30-33-84-36-35-82-28-27-78-4)57-47-39-43(90(74,75)76)41-51(87-67)45(47)12-14-49(57)61(52)22-26-81-31-34-83-32-29-79-23-17-55(65)85-62-53(63)15-16-54(62)64/h5-8,10-14,38-41,60,66-67H,9,15-37H2,1-4H3,(H,68,69,70)(H,71,72,73)(H,74,75,76)/b7-5+,8-6+,52-10+. The Morgan fingerprint density at radius 2 is 1.20 bits per heavy atom. The van der Waals surface area contributed by atoms with Gasteiger partial charge in [-0.1, -0.05) is 43.4 Å². The number of nitrogens with one attached hydrogen (secondary N) is 1. The van der Waals surface area contributed by atoms with Crippen molar-refractivity contribution in [2.45, 2.75) is 89.2 Å². The quantitative estimate of drug-likeness (QED) is 0.00807. The summed E-state index contributed by atoms with van der Waals surface area (Å²) >= 11 is 0.629. The molecule has 1 fully saturated rings. The Labute approximate surface area is 533 Å². The SMILES string of the molecule is COCCNc1ccc2c(SO)cc(S(=O)(=O)O)cc2c1C(C)(C/C=C/C=C/C=C1/N(CCOCCOCCOCCC(=O)ON2C(=O)CCC2=O)c2ccc3c(SO)cc(S(=O)(=O)O)cc3c2C1(C)CCOCCOCCOCCOC)CCCS(=O)(=O)O. The minimum Gasteiger partial charge on any atom is -0.383 e. The Morgan fingerprint density at radius 1 is 0.667 bits per heavy atom. The summed E-state index contributed by atoms with van der Waals surface area (Å²) < 4.78 is 171. The second-order valence-corrected chi connectivity index (χ2v) is 26.9. The van der Waals surface area contributed by atoms with Crippen molar-refractivity contribution in [3.05, 3.63) is 95.7 Å². The highest BCUT2D eigenvalue weighted by molar-refractivity contribution is 7.94. The van der Waals surface area contributed by atoms with Gasteiger partial charge in [-0.15, -0.1) is 5.06 Å². The summed E-state index contributed by atoms with van der Waals surface area (Å²) in [5.74, 6) is -2.53. The predicted octanol–water partition coefficient (Wildman–Crippen LogP) is 7.90. The number of fused-ring (bicyclic) bond motifs is 4. The van der Waals surface area contributed by atoms with E-state index in [1.165, 1.54) is 25.3 Å². The van der Waals surface area contributed by atoms with E-state index < -0.39 is 74.5 Å². The number of carbonyl (C=O) groups excluding carboxylic acids is 3. The van der Waals surface area contributed by atoms with Gasteiger partial charge in [0.25, 0.3) is 42.2 Å². The number of hydrogen-bond donors (Lipinski definition) is 6. The van der Waals surface area contributed by atoms with E-state index in [0.717, 1.165) is 11.8 Å². The van der Waals surface area contributed by atoms with Crippen LogP contribution in [0.2, 0.25) is 0 Å². The van der Waals surface area contributed by atoms with Gasteiger partial charge in [0, 0.05) is 103 Å². The molecule has 0 aliphatic carbocycles. The highest BCUT2D eigenvalue weighted by Crippen LogP contribution is 2.54. The molecule has 0 saturated carbocycles. The molecule has 1 saturated heterocycles. The molecule has 2 atom stereocenters. The van der Waals surface area contributed by atoms with Gasteiger partial charge < -0.3 is 62.1 Å². The number of hydrogen-bond acceptors (Lipinski definition) is 24. The van der Waals surface area contributed by atoms with Crippen molar-refractivity contribution in [2.75, 3.05) is 136 Å². The van der Waals surface area contributed by atoms with Crippen LogP contribution in [0.5, 0.6) is 0 Å². The number of amides is 2. The number of benzene rings is 4. The molecule has 0 spiro atoms. The molecule has 6 N–H and O–H groups in total. The molecule has 0 aromatic heterocycles. The average Bonchev–Trinajstić information content (AvgIpc) is 1.49. The third-order valence-electron chi connectivity index (χ3n) is 14.9. The third kappa shape index (κ3) is 20.9. The lowest BCUT2D eigenvalue weighted by atomic mass is 9.73. The first-order valence-electron chi connectivity index (χ1n) is 28.7. The molecule has 4 aromatic rings. The molecule has 2 amide bonds. The van der Waals surface area contributed by atoms with Gasteiger partial charge in [-0.25, -0.2) is 4.79 Å². The van der Waals surface area contributed by atoms with Gasteiger partial charge in [0.05, 0.1) is 108 Å². The van der Waals surface area contributed by atoms with E-state index in [1.807, 2.05) is 37.0 Å². The molecule has 90 heavy (non-hydrogen) atoms. The smallest absolute Gasteiger partial charge is 0.335 e. The number of rotatable bonds is 42. The lowest BCUT2D eigenvalue weighted by molar-refractivity contribution is -0.198. The van der Waals surface area contributed by atoms with E-state index in [2.05, 4.69) is 5.32 Å². The molecule has 4 aromatic carbocycles. The van der Waals surface area contributed by atoms with Gasteiger partial charge in [-0.05, 0) is 113 Å². The van der Waals surface area contributed by atoms with E-state index in [0.29, 0.717) is 113 Å². The number of hydroxylamine groups is 2. The van der Waals surface area contributed by atoms with Gasteiger partial charge in [-0.3, -0.25) is 23.2 Å². The molecule has 2 aliphatic heterocycles. The minimum atomic E-state index is -4.79. The number of carbonyl (C=O) groups is 3. The zero-order chi connectivity index (χ0) is 65.5. The van der Waals surface area contributed by atoms with Crippen molar-refractivity contribution in [3.63, 3.8) is 0 Å². The molecular formula is C59H79N3O23S5. The summed E-state index contributed by atoms with van der Waals surface area (Å²) in [5, 5.41) is 5.56. The number of allylic oxidation sites excluding steroid dienone is 6. The van der Waals surface area contributed by atoms with E-state index in [-0.39, 0.29) is 121 Å². The largest absolute Gasteiger partial charge is 0.383 e. The van der Waals surface area contributed by atoms with Gasteiger partial charge in [0.1, 0.15) is 0 Å². The van der Waals surface area contributed by atoms with Crippen LogP contribution in [0.25, 0.3) is 21.5 Å². The van der Waals surface area contributed by atoms with E-state index >= 15 is 0 Å². The monoisotopic (exact) mass is 1360 g/mol. The summed E-state index contributed by atoms with van der Waals surface area (Å²) in [7, 11) is -10.9. The van der Waals surface area contributed by atoms with Crippen LogP contribution < -0.4 is 10.2 Å². The first-order valence-corrected chi connectivity index (χ1v) is 34.8. The van der Waals surface area contributed by atoms with Gasteiger partial charge in [0.15, 0.2) is 0 Å². The maximum absolute atomic E-state index is 12.8. The van der Waals surface area contributed by atoms with Gasteiger partial charge >= 0.3 is 5.97 Å². The zero-order valence-electron chi connectivity index (χ0n) is 50.5. The zero-order valence-corrected chi connectivity index (χ0v) is 54.6. The molecule has 0 radical (unpaired) electrons. The molecule has 2 heterocycles. The Kier molecular flexibility index (Phi) is 28.9. The Balaban J connectivity index is 1.31. The molecule has 31 heteroatoms. The fourth-order valence-corrected chi connectivity index (χ4v) is 13.2. The topological polar surface area (TPSA) is 356 Å².